The molecule has 0 spiro atoms. The van der Waals surface area contributed by atoms with Crippen molar-refractivity contribution < 1.29 is 25.2 Å². The Labute approximate surface area is 63.8 Å². The maximum atomic E-state index is 9.33. The van der Waals surface area contributed by atoms with Gasteiger partial charge < -0.3 is 25.2 Å². The Balaban J connectivity index is 2.57. The summed E-state index contributed by atoms with van der Waals surface area (Å²) in [6, 6.07) is 0. The molecule has 0 aromatic heterocycles. The molecule has 5 nitrogen and oxygen atoms in total. The minimum absolute atomic E-state index is 0.0567. The highest BCUT2D eigenvalue weighted by Gasteiger charge is 2.45. The molecule has 4 N–H and O–H groups in total. The maximum absolute atomic E-state index is 9.33. The summed E-state index contributed by atoms with van der Waals surface area (Å²) in [5.74, 6) is 0. The average molecular weight is 164 g/mol. The third-order valence-electron chi connectivity index (χ3n) is 1.84. The van der Waals surface area contributed by atoms with Crippen molar-refractivity contribution in [1.29, 1.82) is 0 Å². The van der Waals surface area contributed by atoms with Gasteiger partial charge in [0, 0.05) is 6.42 Å². The van der Waals surface area contributed by atoms with Crippen LogP contribution in [0.15, 0.2) is 0 Å². The van der Waals surface area contributed by atoms with Crippen molar-refractivity contribution in [3.63, 3.8) is 0 Å². The van der Waals surface area contributed by atoms with Crippen LogP contribution in [0.1, 0.15) is 6.42 Å². The van der Waals surface area contributed by atoms with E-state index < -0.39 is 24.6 Å². The lowest BCUT2D eigenvalue weighted by atomic mass is 10.0. The maximum Gasteiger partial charge on any atom is 0.186 e. The Hall–Kier alpha value is -0.200. The van der Waals surface area contributed by atoms with Crippen molar-refractivity contribution in [2.24, 2.45) is 0 Å². The molecule has 1 aliphatic heterocycles. The number of aliphatic hydroxyl groups is 4. The molecule has 11 heavy (non-hydrogen) atoms. The van der Waals surface area contributed by atoms with E-state index in [1.807, 2.05) is 0 Å². The van der Waals surface area contributed by atoms with Gasteiger partial charge in [-0.05, 0) is 0 Å². The molecule has 1 aliphatic rings. The first-order valence-electron chi connectivity index (χ1n) is 3.40. The highest BCUT2D eigenvalue weighted by Crippen LogP contribution is 2.28. The Morgan fingerprint density at radius 1 is 1.45 bits per heavy atom. The number of hydrogen-bond acceptors (Lipinski definition) is 5. The lowest BCUT2D eigenvalue weighted by molar-refractivity contribution is -0.182. The molecule has 1 heterocycles. The third-order valence-corrected chi connectivity index (χ3v) is 1.84. The molecule has 0 amide bonds. The number of aliphatic hydroxyl groups excluding tert-OH is 3. The molecule has 0 radical (unpaired) electrons. The van der Waals surface area contributed by atoms with Gasteiger partial charge >= 0.3 is 0 Å². The number of rotatable bonds is 2. The van der Waals surface area contributed by atoms with Gasteiger partial charge in [0.1, 0.15) is 5.60 Å². The van der Waals surface area contributed by atoms with Crippen molar-refractivity contribution in [1.82, 2.24) is 0 Å². The molecule has 1 saturated heterocycles. The van der Waals surface area contributed by atoms with Gasteiger partial charge in [0.2, 0.25) is 0 Å². The van der Waals surface area contributed by atoms with E-state index in [0.29, 0.717) is 0 Å². The summed E-state index contributed by atoms with van der Waals surface area (Å²) in [7, 11) is 0. The monoisotopic (exact) mass is 164 g/mol. The standard InChI is InChI=1S/C6H12O5/c7-2-4-1-6(10,3-8)5(9)11-4/h4-5,7-10H,1-3H2. The van der Waals surface area contributed by atoms with Crippen LogP contribution in [-0.4, -0.2) is 51.6 Å². The third kappa shape index (κ3) is 1.52. The summed E-state index contributed by atoms with van der Waals surface area (Å²) in [4.78, 5) is 0. The van der Waals surface area contributed by atoms with Crippen LogP contribution in [-0.2, 0) is 4.74 Å². The van der Waals surface area contributed by atoms with Crippen LogP contribution in [0.2, 0.25) is 0 Å². The van der Waals surface area contributed by atoms with E-state index in [1.54, 1.807) is 0 Å². The summed E-state index contributed by atoms with van der Waals surface area (Å²) in [6.07, 6.45) is -1.92. The molecule has 66 valence electrons. The molecule has 3 unspecified atom stereocenters. The highest BCUT2D eigenvalue weighted by molar-refractivity contribution is 4.90. The van der Waals surface area contributed by atoms with Gasteiger partial charge in [-0.2, -0.15) is 0 Å². The van der Waals surface area contributed by atoms with Crippen molar-refractivity contribution >= 4 is 0 Å². The predicted molar refractivity (Wildman–Crippen MR) is 34.6 cm³/mol. The topological polar surface area (TPSA) is 90.2 Å². The summed E-state index contributed by atoms with van der Waals surface area (Å²) >= 11 is 0. The van der Waals surface area contributed by atoms with Crippen molar-refractivity contribution in [3.05, 3.63) is 0 Å². The molecule has 0 aromatic rings. The molecule has 0 aromatic carbocycles. The second-order valence-electron chi connectivity index (χ2n) is 2.76. The number of ether oxygens (including phenoxy) is 1. The highest BCUT2D eigenvalue weighted by atomic mass is 16.6. The van der Waals surface area contributed by atoms with Crippen LogP contribution in [0.3, 0.4) is 0 Å². The van der Waals surface area contributed by atoms with Crippen LogP contribution in [0.4, 0.5) is 0 Å². The summed E-state index contributed by atoms with van der Waals surface area (Å²) in [5, 5.41) is 35.6. The van der Waals surface area contributed by atoms with Crippen LogP contribution >= 0.6 is 0 Å². The van der Waals surface area contributed by atoms with Gasteiger partial charge in [0.05, 0.1) is 19.3 Å². The average Bonchev–Trinajstić information content (AvgIpc) is 2.29. The second kappa shape index (κ2) is 3.04. The largest absolute Gasteiger partial charge is 0.394 e. The smallest absolute Gasteiger partial charge is 0.186 e. The fraction of sp³-hybridized carbons (Fsp3) is 1.00. The van der Waals surface area contributed by atoms with E-state index in [2.05, 4.69) is 0 Å². The Morgan fingerprint density at radius 2 is 2.09 bits per heavy atom. The first-order valence-corrected chi connectivity index (χ1v) is 3.40. The fourth-order valence-corrected chi connectivity index (χ4v) is 1.10. The molecule has 0 saturated carbocycles. The zero-order valence-corrected chi connectivity index (χ0v) is 5.97. The van der Waals surface area contributed by atoms with Gasteiger partial charge in [0.15, 0.2) is 6.29 Å². The quantitative estimate of drug-likeness (QED) is 0.372. The normalized spacial score (nSPS) is 44.7. The zero-order chi connectivity index (χ0) is 8.48. The molecule has 3 atom stereocenters. The van der Waals surface area contributed by atoms with Crippen LogP contribution in [0.5, 0.6) is 0 Å². The second-order valence-corrected chi connectivity index (χ2v) is 2.76. The fourth-order valence-electron chi connectivity index (χ4n) is 1.10. The molecular formula is C6H12O5. The minimum Gasteiger partial charge on any atom is -0.394 e. The molecular weight excluding hydrogens is 152 g/mol. The molecule has 1 rings (SSSR count). The molecule has 0 bridgehead atoms. The molecule has 5 heteroatoms. The lowest BCUT2D eigenvalue weighted by Crippen LogP contribution is -2.41. The van der Waals surface area contributed by atoms with Crippen molar-refractivity contribution in [2.75, 3.05) is 13.2 Å². The predicted octanol–water partition coefficient (Wildman–Crippen LogP) is -2.19. The zero-order valence-electron chi connectivity index (χ0n) is 5.97. The van der Waals surface area contributed by atoms with Crippen LogP contribution in [0.25, 0.3) is 0 Å². The first-order chi connectivity index (χ1) is 5.12. The van der Waals surface area contributed by atoms with Crippen LogP contribution < -0.4 is 0 Å². The van der Waals surface area contributed by atoms with Crippen molar-refractivity contribution in [3.8, 4) is 0 Å². The molecule has 1 fully saturated rings. The van der Waals surface area contributed by atoms with E-state index in [1.165, 1.54) is 0 Å². The number of hydrogen-bond donors (Lipinski definition) is 4. The van der Waals surface area contributed by atoms with Crippen LogP contribution in [0, 0.1) is 0 Å². The van der Waals surface area contributed by atoms with Crippen molar-refractivity contribution in [2.45, 2.75) is 24.4 Å². The minimum atomic E-state index is -1.60. The van der Waals surface area contributed by atoms with Gasteiger partial charge in [-0.15, -0.1) is 0 Å². The van der Waals surface area contributed by atoms with Gasteiger partial charge in [-0.3, -0.25) is 0 Å². The van der Waals surface area contributed by atoms with Gasteiger partial charge in [-0.1, -0.05) is 0 Å². The Morgan fingerprint density at radius 3 is 2.36 bits per heavy atom. The van der Waals surface area contributed by atoms with E-state index in [-0.39, 0.29) is 13.0 Å². The van der Waals surface area contributed by atoms with E-state index in [9.17, 15) is 5.11 Å². The Kier molecular flexibility index (Phi) is 2.46. The summed E-state index contributed by atoms with van der Waals surface area (Å²) in [6.45, 7) is -0.829. The van der Waals surface area contributed by atoms with Gasteiger partial charge in [0.25, 0.3) is 0 Å². The summed E-state index contributed by atoms with van der Waals surface area (Å²) in [5.41, 5.74) is -1.60. The summed E-state index contributed by atoms with van der Waals surface area (Å²) < 4.78 is 4.71. The van der Waals surface area contributed by atoms with Gasteiger partial charge in [-0.25, -0.2) is 0 Å². The van der Waals surface area contributed by atoms with E-state index in [4.69, 9.17) is 20.1 Å². The van der Waals surface area contributed by atoms with E-state index >= 15 is 0 Å². The Bertz CT molecular complexity index is 139. The first kappa shape index (κ1) is 8.89. The molecule has 0 aliphatic carbocycles. The van der Waals surface area contributed by atoms with E-state index in [0.717, 1.165) is 0 Å². The lowest BCUT2D eigenvalue weighted by Gasteiger charge is -2.20. The SMILES string of the molecule is OCC1CC(O)(CO)C(O)O1.